The Morgan fingerprint density at radius 3 is 2.79 bits per heavy atom. The Morgan fingerprint density at radius 2 is 2.21 bits per heavy atom. The molecule has 1 rings (SSSR count). The fourth-order valence-electron chi connectivity index (χ4n) is 1.80. The van der Waals surface area contributed by atoms with E-state index in [9.17, 15) is 4.79 Å². The normalized spacial score (nSPS) is 10.8. The molecule has 0 atom stereocenters. The van der Waals surface area contributed by atoms with Crippen LogP contribution in [0.25, 0.3) is 0 Å². The summed E-state index contributed by atoms with van der Waals surface area (Å²) in [5.74, 6) is -0.0507. The van der Waals surface area contributed by atoms with E-state index in [-0.39, 0.29) is 12.5 Å². The van der Waals surface area contributed by atoms with Gasteiger partial charge in [-0.25, -0.2) is 0 Å². The van der Waals surface area contributed by atoms with Gasteiger partial charge in [-0.15, -0.1) is 0 Å². The molecule has 0 spiro atoms. The van der Waals surface area contributed by atoms with Crippen molar-refractivity contribution in [1.82, 2.24) is 4.90 Å². The van der Waals surface area contributed by atoms with E-state index in [1.165, 1.54) is 0 Å². The Morgan fingerprint density at radius 1 is 1.47 bits per heavy atom. The van der Waals surface area contributed by atoms with Crippen LogP contribution in [0.2, 0.25) is 5.02 Å². The second kappa shape index (κ2) is 8.15. The first-order chi connectivity index (χ1) is 9.06. The molecule has 4 nitrogen and oxygen atoms in total. The van der Waals surface area contributed by atoms with Crippen molar-refractivity contribution < 1.29 is 9.90 Å². The van der Waals surface area contributed by atoms with Gasteiger partial charge in [0, 0.05) is 23.9 Å². The number of aliphatic hydroxyl groups is 1. The van der Waals surface area contributed by atoms with Gasteiger partial charge in [0.15, 0.2) is 0 Å². The lowest BCUT2D eigenvalue weighted by Gasteiger charge is -2.19. The highest BCUT2D eigenvalue weighted by Gasteiger charge is 2.10. The maximum absolute atomic E-state index is 11.9. The van der Waals surface area contributed by atoms with Gasteiger partial charge in [0.05, 0.1) is 6.54 Å². The number of aryl methyl sites for hydroxylation is 1. The third-order valence-corrected chi connectivity index (χ3v) is 3.14. The smallest absolute Gasteiger partial charge is 0.238 e. The van der Waals surface area contributed by atoms with Crippen LogP contribution in [0.3, 0.4) is 0 Å². The number of carbonyl (C=O) groups excluding carboxylic acids is 1. The molecule has 0 saturated carbocycles. The van der Waals surface area contributed by atoms with Crippen molar-refractivity contribution in [3.63, 3.8) is 0 Å². The summed E-state index contributed by atoms with van der Waals surface area (Å²) in [6, 6.07) is 5.38. The second-order valence-electron chi connectivity index (χ2n) is 4.45. The molecule has 2 N–H and O–H groups in total. The van der Waals surface area contributed by atoms with Crippen LogP contribution < -0.4 is 5.32 Å². The van der Waals surface area contributed by atoms with E-state index >= 15 is 0 Å². The molecule has 0 unspecified atom stereocenters. The summed E-state index contributed by atoms with van der Waals surface area (Å²) < 4.78 is 0. The van der Waals surface area contributed by atoms with Gasteiger partial charge in [-0.2, -0.15) is 0 Å². The number of benzene rings is 1. The largest absolute Gasteiger partial charge is 0.396 e. The number of hydrogen-bond donors (Lipinski definition) is 2. The highest BCUT2D eigenvalue weighted by molar-refractivity contribution is 6.30. The zero-order valence-corrected chi connectivity index (χ0v) is 12.2. The number of rotatable bonds is 7. The van der Waals surface area contributed by atoms with Crippen molar-refractivity contribution in [3.05, 3.63) is 28.8 Å². The SMILES string of the molecule is CCN(CCCO)CC(=O)Nc1ccc(Cl)cc1C. The van der Waals surface area contributed by atoms with E-state index in [0.717, 1.165) is 24.3 Å². The lowest BCUT2D eigenvalue weighted by molar-refractivity contribution is -0.117. The quantitative estimate of drug-likeness (QED) is 0.808. The molecular weight excluding hydrogens is 264 g/mol. The molecule has 0 aliphatic carbocycles. The Kier molecular flexibility index (Phi) is 6.84. The van der Waals surface area contributed by atoms with Gasteiger partial charge < -0.3 is 10.4 Å². The molecule has 0 bridgehead atoms. The summed E-state index contributed by atoms with van der Waals surface area (Å²) >= 11 is 5.87. The van der Waals surface area contributed by atoms with Gasteiger partial charge in [-0.05, 0) is 43.7 Å². The highest BCUT2D eigenvalue weighted by Crippen LogP contribution is 2.19. The Bertz CT molecular complexity index is 424. The van der Waals surface area contributed by atoms with Crippen LogP contribution in [0.15, 0.2) is 18.2 Å². The van der Waals surface area contributed by atoms with E-state index in [2.05, 4.69) is 5.32 Å². The number of nitrogens with zero attached hydrogens (tertiary/aromatic N) is 1. The minimum Gasteiger partial charge on any atom is -0.396 e. The van der Waals surface area contributed by atoms with Crippen LogP contribution >= 0.6 is 11.6 Å². The van der Waals surface area contributed by atoms with Crippen molar-refractivity contribution >= 4 is 23.2 Å². The van der Waals surface area contributed by atoms with Crippen LogP contribution in [0, 0.1) is 6.92 Å². The van der Waals surface area contributed by atoms with Crippen molar-refractivity contribution in [1.29, 1.82) is 0 Å². The lowest BCUT2D eigenvalue weighted by atomic mass is 10.2. The molecule has 19 heavy (non-hydrogen) atoms. The van der Waals surface area contributed by atoms with Crippen molar-refractivity contribution in [2.75, 3.05) is 31.6 Å². The standard InChI is InChI=1S/C14H21ClN2O2/c1-3-17(7-4-8-18)10-14(19)16-13-6-5-12(15)9-11(13)2/h5-6,9,18H,3-4,7-8,10H2,1-2H3,(H,16,19). The van der Waals surface area contributed by atoms with E-state index in [4.69, 9.17) is 16.7 Å². The number of likely N-dealkylation sites (N-methyl/N-ethyl adjacent to an activating group) is 1. The number of hydrogen-bond acceptors (Lipinski definition) is 3. The van der Waals surface area contributed by atoms with Crippen LogP contribution in [-0.4, -0.2) is 42.2 Å². The monoisotopic (exact) mass is 284 g/mol. The van der Waals surface area contributed by atoms with Crippen molar-refractivity contribution in [3.8, 4) is 0 Å². The molecule has 0 fully saturated rings. The van der Waals surface area contributed by atoms with E-state index in [0.29, 0.717) is 18.0 Å². The first kappa shape index (κ1) is 16.0. The first-order valence-corrected chi connectivity index (χ1v) is 6.83. The van der Waals surface area contributed by atoms with Crippen LogP contribution in [0.5, 0.6) is 0 Å². The molecule has 0 heterocycles. The van der Waals surface area contributed by atoms with Gasteiger partial charge in [0.2, 0.25) is 5.91 Å². The minimum atomic E-state index is -0.0507. The van der Waals surface area contributed by atoms with Crippen LogP contribution in [0.1, 0.15) is 18.9 Å². The molecular formula is C14H21ClN2O2. The summed E-state index contributed by atoms with van der Waals surface area (Å²) in [6.45, 7) is 5.89. The molecule has 0 radical (unpaired) electrons. The molecule has 0 aliphatic heterocycles. The fraction of sp³-hybridized carbons (Fsp3) is 0.500. The van der Waals surface area contributed by atoms with Gasteiger partial charge >= 0.3 is 0 Å². The summed E-state index contributed by atoms with van der Waals surface area (Å²) in [7, 11) is 0. The van der Waals surface area contributed by atoms with Gasteiger partial charge in [0.1, 0.15) is 0 Å². The van der Waals surface area contributed by atoms with Crippen LogP contribution in [-0.2, 0) is 4.79 Å². The molecule has 106 valence electrons. The third kappa shape index (κ3) is 5.59. The number of aliphatic hydroxyl groups excluding tert-OH is 1. The zero-order valence-electron chi connectivity index (χ0n) is 11.4. The molecule has 1 amide bonds. The van der Waals surface area contributed by atoms with Gasteiger partial charge in [-0.1, -0.05) is 18.5 Å². The maximum atomic E-state index is 11.9. The van der Waals surface area contributed by atoms with Gasteiger partial charge in [0.25, 0.3) is 0 Å². The average Bonchev–Trinajstić information content (AvgIpc) is 2.38. The maximum Gasteiger partial charge on any atom is 0.238 e. The fourth-order valence-corrected chi connectivity index (χ4v) is 2.03. The number of anilines is 1. The molecule has 0 saturated heterocycles. The topological polar surface area (TPSA) is 52.6 Å². The molecule has 1 aromatic carbocycles. The highest BCUT2D eigenvalue weighted by atomic mass is 35.5. The molecule has 0 aromatic heterocycles. The van der Waals surface area contributed by atoms with E-state index in [1.54, 1.807) is 12.1 Å². The van der Waals surface area contributed by atoms with Crippen LogP contribution in [0.4, 0.5) is 5.69 Å². The molecule has 5 heteroatoms. The van der Waals surface area contributed by atoms with E-state index < -0.39 is 0 Å². The second-order valence-corrected chi connectivity index (χ2v) is 4.89. The van der Waals surface area contributed by atoms with Crippen molar-refractivity contribution in [2.24, 2.45) is 0 Å². The minimum absolute atomic E-state index is 0.0507. The zero-order chi connectivity index (χ0) is 14.3. The molecule has 1 aromatic rings. The number of nitrogens with one attached hydrogen (secondary N) is 1. The summed E-state index contributed by atoms with van der Waals surface area (Å²) in [5.41, 5.74) is 1.73. The first-order valence-electron chi connectivity index (χ1n) is 6.46. The Balaban J connectivity index is 2.54. The third-order valence-electron chi connectivity index (χ3n) is 2.91. The summed E-state index contributed by atoms with van der Waals surface area (Å²) in [5, 5.41) is 12.3. The molecule has 0 aliphatic rings. The number of amides is 1. The van der Waals surface area contributed by atoms with E-state index in [1.807, 2.05) is 24.8 Å². The average molecular weight is 285 g/mol. The van der Waals surface area contributed by atoms with Crippen molar-refractivity contribution in [2.45, 2.75) is 20.3 Å². The summed E-state index contributed by atoms with van der Waals surface area (Å²) in [4.78, 5) is 13.9. The Hall–Kier alpha value is -1.10. The predicted octanol–water partition coefficient (Wildman–Crippen LogP) is 2.29. The lowest BCUT2D eigenvalue weighted by Crippen LogP contribution is -2.34. The summed E-state index contributed by atoms with van der Waals surface area (Å²) in [6.07, 6.45) is 0.682. The Labute approximate surface area is 119 Å². The number of carbonyl (C=O) groups is 1. The number of halogens is 1. The van der Waals surface area contributed by atoms with Gasteiger partial charge in [-0.3, -0.25) is 9.69 Å². The predicted molar refractivity (Wildman–Crippen MR) is 78.6 cm³/mol.